The molecule has 7 nitrogen and oxygen atoms in total. The monoisotopic (exact) mass is 404 g/mol. The first kappa shape index (κ1) is 21.5. The largest absolute Gasteiger partial charge is 0.416 e. The molecule has 2 atom stereocenters. The predicted molar refractivity (Wildman–Crippen MR) is 90.2 cm³/mol. The standard InChI is InChI=1S/C17H20F4N4O3/c1-9(26)23-7-12-3-5-14(24-16(22)28)15(27)25(12)8-10-6-11(17(19,20)21)2-4-13(10)18/h2,4,6,12,14H,3,5,7-8H2,1H3,(H,23,26)(H3,22,24,28)/t12-,14+/m0/s1. The van der Waals surface area contributed by atoms with Gasteiger partial charge in [-0.25, -0.2) is 9.18 Å². The highest BCUT2D eigenvalue weighted by molar-refractivity contribution is 5.87. The van der Waals surface area contributed by atoms with Crippen molar-refractivity contribution in [3.05, 3.63) is 35.1 Å². The molecule has 1 aliphatic rings. The third kappa shape index (κ3) is 5.33. The second-order valence-electron chi connectivity index (χ2n) is 6.50. The predicted octanol–water partition coefficient (Wildman–Crippen LogP) is 1.51. The van der Waals surface area contributed by atoms with Crippen LogP contribution in [0.1, 0.15) is 30.9 Å². The van der Waals surface area contributed by atoms with Crippen LogP contribution in [0.3, 0.4) is 0 Å². The number of carbonyl (C=O) groups excluding carboxylic acids is 3. The minimum Gasteiger partial charge on any atom is -0.354 e. The van der Waals surface area contributed by atoms with Crippen LogP contribution in [0.5, 0.6) is 0 Å². The molecule has 11 heteroatoms. The summed E-state index contributed by atoms with van der Waals surface area (Å²) < 4.78 is 52.9. The number of urea groups is 1. The fourth-order valence-electron chi connectivity index (χ4n) is 3.06. The van der Waals surface area contributed by atoms with Crippen LogP contribution in [0.25, 0.3) is 0 Å². The number of alkyl halides is 3. The van der Waals surface area contributed by atoms with Gasteiger partial charge in [0.2, 0.25) is 11.8 Å². The Balaban J connectivity index is 2.31. The van der Waals surface area contributed by atoms with E-state index in [1.807, 2.05) is 0 Å². The zero-order chi connectivity index (χ0) is 21.1. The van der Waals surface area contributed by atoms with Gasteiger partial charge in [0.1, 0.15) is 11.9 Å². The van der Waals surface area contributed by atoms with Gasteiger partial charge < -0.3 is 21.3 Å². The van der Waals surface area contributed by atoms with Gasteiger partial charge in [-0.15, -0.1) is 0 Å². The lowest BCUT2D eigenvalue weighted by Gasteiger charge is -2.39. The number of rotatable bonds is 5. The molecule has 4 N–H and O–H groups in total. The van der Waals surface area contributed by atoms with E-state index in [2.05, 4.69) is 10.6 Å². The van der Waals surface area contributed by atoms with Crippen molar-refractivity contribution in [2.45, 2.75) is 44.6 Å². The molecule has 4 amide bonds. The van der Waals surface area contributed by atoms with E-state index in [1.165, 1.54) is 6.92 Å². The number of benzene rings is 1. The third-order valence-corrected chi connectivity index (χ3v) is 4.43. The van der Waals surface area contributed by atoms with Crippen molar-refractivity contribution in [3.8, 4) is 0 Å². The van der Waals surface area contributed by atoms with Gasteiger partial charge >= 0.3 is 12.2 Å². The molecule has 0 bridgehead atoms. The first-order chi connectivity index (χ1) is 13.0. The number of nitrogens with two attached hydrogens (primary N) is 1. The van der Waals surface area contributed by atoms with Crippen LogP contribution in [0.2, 0.25) is 0 Å². The molecule has 0 aliphatic carbocycles. The summed E-state index contributed by atoms with van der Waals surface area (Å²) in [6.45, 7) is 0.875. The molecule has 0 spiro atoms. The topological polar surface area (TPSA) is 105 Å². The summed E-state index contributed by atoms with van der Waals surface area (Å²) in [7, 11) is 0. The molecule has 0 radical (unpaired) electrons. The summed E-state index contributed by atoms with van der Waals surface area (Å²) in [4.78, 5) is 36.1. The fourth-order valence-corrected chi connectivity index (χ4v) is 3.06. The van der Waals surface area contributed by atoms with Gasteiger partial charge in [0.15, 0.2) is 0 Å². The van der Waals surface area contributed by atoms with Gasteiger partial charge in [-0.1, -0.05) is 0 Å². The van der Waals surface area contributed by atoms with Crippen molar-refractivity contribution in [1.82, 2.24) is 15.5 Å². The first-order valence-corrected chi connectivity index (χ1v) is 8.45. The highest BCUT2D eigenvalue weighted by Crippen LogP contribution is 2.31. The number of hydrogen-bond donors (Lipinski definition) is 3. The Labute approximate surface area is 158 Å². The number of nitrogens with one attached hydrogen (secondary N) is 2. The second-order valence-corrected chi connectivity index (χ2v) is 6.50. The van der Waals surface area contributed by atoms with E-state index < -0.39 is 48.1 Å². The number of carbonyl (C=O) groups is 3. The van der Waals surface area contributed by atoms with Crippen molar-refractivity contribution in [2.75, 3.05) is 6.54 Å². The Bertz CT molecular complexity index is 769. The maximum atomic E-state index is 14.1. The Hall–Kier alpha value is -2.85. The molecule has 0 aromatic heterocycles. The smallest absolute Gasteiger partial charge is 0.354 e. The van der Waals surface area contributed by atoms with Crippen molar-refractivity contribution in [2.24, 2.45) is 5.73 Å². The molecule has 0 unspecified atom stereocenters. The van der Waals surface area contributed by atoms with E-state index in [0.29, 0.717) is 24.6 Å². The minimum absolute atomic E-state index is 0.0466. The number of halogens is 4. The van der Waals surface area contributed by atoms with E-state index in [4.69, 9.17) is 5.73 Å². The van der Waals surface area contributed by atoms with Crippen molar-refractivity contribution in [1.29, 1.82) is 0 Å². The Morgan fingerprint density at radius 1 is 1.29 bits per heavy atom. The molecular weight excluding hydrogens is 384 g/mol. The molecule has 2 rings (SSSR count). The lowest BCUT2D eigenvalue weighted by atomic mass is 9.96. The van der Waals surface area contributed by atoms with Gasteiger partial charge in [-0.2, -0.15) is 13.2 Å². The van der Waals surface area contributed by atoms with E-state index in [-0.39, 0.29) is 24.4 Å². The molecule has 154 valence electrons. The van der Waals surface area contributed by atoms with Crippen LogP contribution in [0, 0.1) is 5.82 Å². The quantitative estimate of drug-likeness (QED) is 0.648. The minimum atomic E-state index is -4.67. The summed E-state index contributed by atoms with van der Waals surface area (Å²) in [5, 5.41) is 4.81. The van der Waals surface area contributed by atoms with Crippen molar-refractivity contribution in [3.63, 3.8) is 0 Å². The number of nitrogens with zero attached hydrogens (tertiary/aromatic N) is 1. The third-order valence-electron chi connectivity index (χ3n) is 4.43. The van der Waals surface area contributed by atoms with Crippen molar-refractivity contribution < 1.29 is 31.9 Å². The lowest BCUT2D eigenvalue weighted by molar-refractivity contribution is -0.140. The maximum absolute atomic E-state index is 14.1. The van der Waals surface area contributed by atoms with Gasteiger partial charge in [0.05, 0.1) is 5.56 Å². The highest BCUT2D eigenvalue weighted by Gasteiger charge is 2.37. The van der Waals surface area contributed by atoms with E-state index >= 15 is 0 Å². The highest BCUT2D eigenvalue weighted by atomic mass is 19.4. The zero-order valence-electron chi connectivity index (χ0n) is 15.0. The molecule has 28 heavy (non-hydrogen) atoms. The summed E-state index contributed by atoms with van der Waals surface area (Å²) in [5.74, 6) is -1.86. The molecule has 1 aliphatic heterocycles. The van der Waals surface area contributed by atoms with Crippen LogP contribution >= 0.6 is 0 Å². The zero-order valence-corrected chi connectivity index (χ0v) is 15.0. The Kier molecular flexibility index (Phi) is 6.47. The summed E-state index contributed by atoms with van der Waals surface area (Å²) >= 11 is 0. The van der Waals surface area contributed by atoms with Crippen LogP contribution < -0.4 is 16.4 Å². The maximum Gasteiger partial charge on any atom is 0.416 e. The molecular formula is C17H20F4N4O3. The molecule has 1 aromatic carbocycles. The van der Waals surface area contributed by atoms with Gasteiger partial charge in [-0.3, -0.25) is 9.59 Å². The molecule has 1 fully saturated rings. The lowest BCUT2D eigenvalue weighted by Crippen LogP contribution is -2.58. The van der Waals surface area contributed by atoms with Crippen molar-refractivity contribution >= 4 is 17.8 Å². The van der Waals surface area contributed by atoms with Crippen LogP contribution in [0.4, 0.5) is 22.4 Å². The molecule has 1 heterocycles. The normalized spacial score (nSPS) is 20.0. The van der Waals surface area contributed by atoms with Gasteiger partial charge in [0.25, 0.3) is 0 Å². The summed E-state index contributed by atoms with van der Waals surface area (Å²) in [6.07, 6.45) is -4.11. The first-order valence-electron chi connectivity index (χ1n) is 8.45. The summed E-state index contributed by atoms with van der Waals surface area (Å²) in [5.41, 5.74) is 3.68. The molecule has 1 saturated heterocycles. The average molecular weight is 404 g/mol. The van der Waals surface area contributed by atoms with E-state index in [0.717, 1.165) is 4.90 Å². The van der Waals surface area contributed by atoms with Gasteiger partial charge in [-0.05, 0) is 31.0 Å². The number of amides is 4. The van der Waals surface area contributed by atoms with E-state index in [1.54, 1.807) is 0 Å². The Morgan fingerprint density at radius 2 is 1.96 bits per heavy atom. The molecule has 1 aromatic rings. The second kappa shape index (κ2) is 8.44. The number of likely N-dealkylation sites (tertiary alicyclic amines) is 1. The fraction of sp³-hybridized carbons (Fsp3) is 0.471. The number of hydrogen-bond acceptors (Lipinski definition) is 3. The van der Waals surface area contributed by atoms with Crippen LogP contribution in [-0.2, 0) is 22.3 Å². The summed E-state index contributed by atoms with van der Waals surface area (Å²) in [6, 6.07) is -0.527. The van der Waals surface area contributed by atoms with Crippen LogP contribution in [0.15, 0.2) is 18.2 Å². The van der Waals surface area contributed by atoms with Gasteiger partial charge in [0, 0.05) is 31.6 Å². The van der Waals surface area contributed by atoms with E-state index in [9.17, 15) is 31.9 Å². The number of piperidine rings is 1. The SMILES string of the molecule is CC(=O)NC[C@@H]1CC[C@@H](NC(N)=O)C(=O)N1Cc1cc(C(F)(F)F)ccc1F. The number of primary amides is 1. The molecule has 0 saturated carbocycles. The average Bonchev–Trinajstić information content (AvgIpc) is 2.57. The Morgan fingerprint density at radius 3 is 2.54 bits per heavy atom. The van der Waals surface area contributed by atoms with Crippen LogP contribution in [-0.4, -0.2) is 41.4 Å².